The molecular weight excluding hydrogens is 445 g/mol. The van der Waals surface area contributed by atoms with Gasteiger partial charge in [-0.15, -0.1) is 0 Å². The van der Waals surface area contributed by atoms with Gasteiger partial charge < -0.3 is 19.9 Å². The molecule has 0 aromatic carbocycles. The zero-order valence-corrected chi connectivity index (χ0v) is 20.4. The predicted octanol–water partition coefficient (Wildman–Crippen LogP) is 3.42. The molecule has 2 aliphatic heterocycles. The van der Waals surface area contributed by atoms with E-state index in [1.54, 1.807) is 13.3 Å². The number of halogens is 1. The summed E-state index contributed by atoms with van der Waals surface area (Å²) in [4.78, 5) is 16.7. The van der Waals surface area contributed by atoms with Crippen LogP contribution in [-0.2, 0) is 9.53 Å². The number of hydrogen-bond acceptors (Lipinski definition) is 5. The van der Waals surface area contributed by atoms with Gasteiger partial charge in [0.1, 0.15) is 5.83 Å². The molecule has 6 rings (SSSR count). The standard InChI is InChI=1S/C27H34FN5O2/c1-35-27(7-10-29-11-8-27)21-4-5-22(23(28)17-21)20-16-25-24(6-9-30-33(25)18-20)31-12-14-32(15-13-31)26(34)19-2-3-19/h4-6,9,16,18-19,21,29H,2-3,7-8,10-15,17H2,1H3. The highest BCUT2D eigenvalue weighted by molar-refractivity contribution is 5.84. The molecule has 1 atom stereocenters. The number of rotatable bonds is 5. The molecule has 2 aromatic rings. The summed E-state index contributed by atoms with van der Waals surface area (Å²) in [5.74, 6) is 0.539. The van der Waals surface area contributed by atoms with Gasteiger partial charge in [-0.1, -0.05) is 12.2 Å². The first-order valence-electron chi connectivity index (χ1n) is 12.9. The molecule has 7 nitrogen and oxygen atoms in total. The quantitative estimate of drug-likeness (QED) is 0.712. The molecule has 1 unspecified atom stereocenters. The maximum Gasteiger partial charge on any atom is 0.225 e. The third kappa shape index (κ3) is 4.16. The maximum absolute atomic E-state index is 15.5. The van der Waals surface area contributed by atoms with Crippen molar-refractivity contribution in [3.63, 3.8) is 0 Å². The van der Waals surface area contributed by atoms with Crippen LogP contribution < -0.4 is 10.2 Å². The van der Waals surface area contributed by atoms with Gasteiger partial charge in [0.05, 0.1) is 16.8 Å². The number of carbonyl (C=O) groups is 1. The van der Waals surface area contributed by atoms with Crippen LogP contribution in [0, 0.1) is 11.8 Å². The van der Waals surface area contributed by atoms with Crippen molar-refractivity contribution in [3.8, 4) is 0 Å². The average molecular weight is 480 g/mol. The zero-order chi connectivity index (χ0) is 24.0. The number of ether oxygens (including phenoxy) is 1. The summed E-state index contributed by atoms with van der Waals surface area (Å²) in [7, 11) is 1.76. The Balaban J connectivity index is 1.21. The van der Waals surface area contributed by atoms with Crippen molar-refractivity contribution in [1.82, 2.24) is 19.8 Å². The third-order valence-electron chi connectivity index (χ3n) is 8.37. The Morgan fingerprint density at radius 3 is 2.66 bits per heavy atom. The van der Waals surface area contributed by atoms with Gasteiger partial charge in [0.25, 0.3) is 0 Å². The molecule has 4 aliphatic rings. The van der Waals surface area contributed by atoms with Gasteiger partial charge in [0.2, 0.25) is 5.91 Å². The van der Waals surface area contributed by atoms with Crippen LogP contribution in [0.3, 0.4) is 0 Å². The smallest absolute Gasteiger partial charge is 0.225 e. The molecule has 8 heteroatoms. The lowest BCUT2D eigenvalue weighted by Gasteiger charge is -2.42. The minimum Gasteiger partial charge on any atom is -0.378 e. The number of nitrogens with zero attached hydrogens (tertiary/aromatic N) is 4. The third-order valence-corrected chi connectivity index (χ3v) is 8.37. The molecule has 1 amide bonds. The van der Waals surface area contributed by atoms with Gasteiger partial charge in [-0.3, -0.25) is 4.79 Å². The van der Waals surface area contributed by atoms with E-state index < -0.39 is 0 Å². The fourth-order valence-corrected chi connectivity index (χ4v) is 6.04. The second-order valence-electron chi connectivity index (χ2n) is 10.4. The summed E-state index contributed by atoms with van der Waals surface area (Å²) >= 11 is 0. The first-order valence-corrected chi connectivity index (χ1v) is 12.9. The second kappa shape index (κ2) is 9.06. The number of piperazine rings is 1. The molecule has 0 radical (unpaired) electrons. The molecule has 1 saturated carbocycles. The summed E-state index contributed by atoms with van der Waals surface area (Å²) in [6.07, 6.45) is 12.0. The molecule has 2 aliphatic carbocycles. The number of piperidine rings is 1. The summed E-state index contributed by atoms with van der Waals surface area (Å²) < 4.78 is 23.3. The minimum atomic E-state index is -0.298. The average Bonchev–Trinajstić information content (AvgIpc) is 3.66. The van der Waals surface area contributed by atoms with Crippen molar-refractivity contribution in [2.24, 2.45) is 11.8 Å². The number of fused-ring (bicyclic) bond motifs is 1. The number of allylic oxidation sites excluding steroid dienone is 3. The Kier molecular flexibility index (Phi) is 5.89. The Morgan fingerprint density at radius 2 is 1.97 bits per heavy atom. The number of amides is 1. The number of carbonyl (C=O) groups excluding carboxylic acids is 1. The Labute approximate surface area is 205 Å². The van der Waals surface area contributed by atoms with E-state index in [-0.39, 0.29) is 23.3 Å². The molecule has 4 heterocycles. The molecule has 2 aromatic heterocycles. The first-order chi connectivity index (χ1) is 17.1. The van der Waals surface area contributed by atoms with Crippen molar-refractivity contribution in [2.45, 2.75) is 37.7 Å². The van der Waals surface area contributed by atoms with E-state index in [1.807, 2.05) is 33.8 Å². The van der Waals surface area contributed by atoms with Crippen LogP contribution in [0.25, 0.3) is 11.1 Å². The first kappa shape index (κ1) is 22.7. The van der Waals surface area contributed by atoms with E-state index >= 15 is 4.39 Å². The van der Waals surface area contributed by atoms with Gasteiger partial charge in [-0.25, -0.2) is 8.91 Å². The Morgan fingerprint density at radius 1 is 1.20 bits per heavy atom. The monoisotopic (exact) mass is 479 g/mol. The van der Waals surface area contributed by atoms with E-state index in [0.29, 0.717) is 17.9 Å². The van der Waals surface area contributed by atoms with Crippen LogP contribution in [0.4, 0.5) is 10.1 Å². The van der Waals surface area contributed by atoms with Crippen molar-refractivity contribution in [1.29, 1.82) is 0 Å². The van der Waals surface area contributed by atoms with Gasteiger partial charge in [0.15, 0.2) is 0 Å². The molecule has 1 N–H and O–H groups in total. The highest BCUT2D eigenvalue weighted by Gasteiger charge is 2.40. The van der Waals surface area contributed by atoms with E-state index in [9.17, 15) is 4.79 Å². The predicted molar refractivity (Wildman–Crippen MR) is 134 cm³/mol. The molecule has 0 spiro atoms. The number of aromatic nitrogens is 2. The van der Waals surface area contributed by atoms with Crippen molar-refractivity contribution < 1.29 is 13.9 Å². The number of hydrogen-bond donors (Lipinski definition) is 1. The molecule has 35 heavy (non-hydrogen) atoms. The van der Waals surface area contributed by atoms with E-state index in [2.05, 4.69) is 21.4 Å². The van der Waals surface area contributed by atoms with Gasteiger partial charge in [0, 0.05) is 75.1 Å². The summed E-state index contributed by atoms with van der Waals surface area (Å²) in [5, 5.41) is 7.87. The normalized spacial score (nSPS) is 24.9. The Hall–Kier alpha value is -2.71. The molecule has 3 fully saturated rings. The lowest BCUT2D eigenvalue weighted by Crippen LogP contribution is -2.49. The molecule has 0 bridgehead atoms. The lowest BCUT2D eigenvalue weighted by molar-refractivity contribution is -0.132. The van der Waals surface area contributed by atoms with E-state index in [4.69, 9.17) is 4.74 Å². The van der Waals surface area contributed by atoms with Crippen LogP contribution in [0.1, 0.15) is 37.7 Å². The fourth-order valence-electron chi connectivity index (χ4n) is 6.04. The number of nitrogens with one attached hydrogen (secondary N) is 1. The molecule has 2 saturated heterocycles. The largest absolute Gasteiger partial charge is 0.378 e. The van der Waals surface area contributed by atoms with E-state index in [0.717, 1.165) is 81.7 Å². The SMILES string of the molecule is COC1(C2C=CC(c3cc4c(N5CCN(C(=O)C6CC6)CC5)ccnn4c3)=C(F)C2)CCNCC1. The number of methoxy groups -OCH3 is 1. The Bertz CT molecular complexity index is 1170. The fraction of sp³-hybridized carbons (Fsp3) is 0.556. The van der Waals surface area contributed by atoms with Crippen LogP contribution >= 0.6 is 0 Å². The highest BCUT2D eigenvalue weighted by atomic mass is 19.1. The lowest BCUT2D eigenvalue weighted by atomic mass is 9.75. The summed E-state index contributed by atoms with van der Waals surface area (Å²) in [6.45, 7) is 4.89. The van der Waals surface area contributed by atoms with Crippen LogP contribution in [-0.4, -0.2) is 72.4 Å². The van der Waals surface area contributed by atoms with Gasteiger partial charge in [-0.2, -0.15) is 5.10 Å². The molecule has 186 valence electrons. The topological polar surface area (TPSA) is 62.1 Å². The van der Waals surface area contributed by atoms with Gasteiger partial charge in [-0.05, 0) is 50.9 Å². The van der Waals surface area contributed by atoms with Crippen LogP contribution in [0.15, 0.2) is 42.5 Å². The van der Waals surface area contributed by atoms with Gasteiger partial charge >= 0.3 is 0 Å². The second-order valence-corrected chi connectivity index (χ2v) is 10.4. The van der Waals surface area contributed by atoms with Crippen molar-refractivity contribution in [3.05, 3.63) is 48.1 Å². The number of anilines is 1. The maximum atomic E-state index is 15.5. The van der Waals surface area contributed by atoms with Crippen molar-refractivity contribution >= 4 is 22.7 Å². The zero-order valence-electron chi connectivity index (χ0n) is 20.4. The van der Waals surface area contributed by atoms with Crippen LogP contribution in [0.2, 0.25) is 0 Å². The summed E-state index contributed by atoms with van der Waals surface area (Å²) in [5.41, 5.74) is 3.23. The van der Waals surface area contributed by atoms with Crippen LogP contribution in [0.5, 0.6) is 0 Å². The van der Waals surface area contributed by atoms with E-state index in [1.165, 1.54) is 0 Å². The molecular formula is C27H34FN5O2. The highest BCUT2D eigenvalue weighted by Crippen LogP contribution is 2.42. The van der Waals surface area contributed by atoms with Crippen molar-refractivity contribution in [2.75, 3.05) is 51.3 Å². The summed E-state index contributed by atoms with van der Waals surface area (Å²) in [6, 6.07) is 4.06. The minimum absolute atomic E-state index is 0.0405.